The molecule has 0 aromatic heterocycles. The number of hydrogen-bond acceptors (Lipinski definition) is 3. The van der Waals surface area contributed by atoms with Crippen LogP contribution in [0.15, 0.2) is 0 Å². The average molecular weight is 275 g/mol. The van der Waals surface area contributed by atoms with Gasteiger partial charge in [-0.2, -0.15) is 0 Å². The van der Waals surface area contributed by atoms with E-state index in [2.05, 4.69) is 32.6 Å². The molecule has 0 amide bonds. The van der Waals surface area contributed by atoms with E-state index in [1.165, 1.54) is 13.0 Å². The molecule has 0 aromatic carbocycles. The van der Waals surface area contributed by atoms with Gasteiger partial charge in [0.05, 0.1) is 13.2 Å². The molecule has 0 atom stereocenters. The lowest BCUT2D eigenvalue weighted by Crippen LogP contribution is -2.38. The highest BCUT2D eigenvalue weighted by Gasteiger charge is 2.10. The maximum atomic E-state index is 5.24. The molecule has 3 heteroatoms. The van der Waals surface area contributed by atoms with E-state index in [0.717, 1.165) is 44.7 Å². The van der Waals surface area contributed by atoms with E-state index >= 15 is 0 Å². The second-order valence-electron chi connectivity index (χ2n) is 5.48. The molecule has 1 rings (SSSR count). The lowest BCUT2D eigenvalue weighted by Gasteiger charge is -2.27. The Balaban J connectivity index is 0. The first-order valence-electron chi connectivity index (χ1n) is 7.85. The molecule has 0 saturated carbocycles. The maximum Gasteiger partial charge on any atom is 0.0594 e. The van der Waals surface area contributed by atoms with Crippen molar-refractivity contribution in [2.45, 2.75) is 48.0 Å². The molecule has 1 saturated heterocycles. The van der Waals surface area contributed by atoms with Crippen LogP contribution in [-0.2, 0) is 9.47 Å². The van der Waals surface area contributed by atoms with E-state index in [4.69, 9.17) is 9.47 Å². The predicted octanol–water partition coefficient (Wildman–Crippen LogP) is 3.68. The Kier molecular flexibility index (Phi) is 17.8. The zero-order valence-corrected chi connectivity index (χ0v) is 14.4. The fraction of sp³-hybridized carbons (Fsp3) is 1.00. The van der Waals surface area contributed by atoms with Crippen molar-refractivity contribution in [1.82, 2.24) is 4.90 Å². The highest BCUT2D eigenvalue weighted by Crippen LogP contribution is 2.01. The molecule has 0 N–H and O–H groups in total. The van der Waals surface area contributed by atoms with Gasteiger partial charge in [-0.3, -0.25) is 4.90 Å². The van der Waals surface area contributed by atoms with Crippen LogP contribution in [0.4, 0.5) is 0 Å². The Morgan fingerprint density at radius 1 is 1.00 bits per heavy atom. The highest BCUT2D eigenvalue weighted by molar-refractivity contribution is 4.62. The summed E-state index contributed by atoms with van der Waals surface area (Å²) in [6, 6.07) is 0. The van der Waals surface area contributed by atoms with Crippen LogP contribution in [-0.4, -0.2) is 51.5 Å². The first kappa shape index (κ1) is 21.2. The molecule has 118 valence electrons. The van der Waals surface area contributed by atoms with Crippen LogP contribution >= 0.6 is 0 Å². The van der Waals surface area contributed by atoms with Gasteiger partial charge in [0, 0.05) is 33.4 Å². The summed E-state index contributed by atoms with van der Waals surface area (Å²) in [5, 5.41) is 0. The zero-order valence-electron chi connectivity index (χ0n) is 14.4. The minimum absolute atomic E-state index is 0.778. The SMILES string of the molecule is CC.CC(C)CN1CCOCC1.COCCC(C)C. The second kappa shape index (κ2) is 15.9. The summed E-state index contributed by atoms with van der Waals surface area (Å²) in [5.41, 5.74) is 0. The molecular weight excluding hydrogens is 238 g/mol. The quantitative estimate of drug-likeness (QED) is 0.764. The molecule has 0 bridgehead atoms. The van der Waals surface area contributed by atoms with Crippen molar-refractivity contribution in [1.29, 1.82) is 0 Å². The summed E-state index contributed by atoms with van der Waals surface area (Å²) in [6.45, 7) is 19.1. The molecule has 19 heavy (non-hydrogen) atoms. The Morgan fingerprint density at radius 3 is 1.84 bits per heavy atom. The molecule has 0 unspecified atom stereocenters. The van der Waals surface area contributed by atoms with Crippen LogP contribution in [0.5, 0.6) is 0 Å². The number of hydrogen-bond donors (Lipinski definition) is 0. The van der Waals surface area contributed by atoms with E-state index < -0.39 is 0 Å². The maximum absolute atomic E-state index is 5.24. The van der Waals surface area contributed by atoms with Gasteiger partial charge in [0.1, 0.15) is 0 Å². The van der Waals surface area contributed by atoms with Gasteiger partial charge in [-0.05, 0) is 18.3 Å². The molecule has 0 aliphatic carbocycles. The highest BCUT2D eigenvalue weighted by atomic mass is 16.5. The van der Waals surface area contributed by atoms with Gasteiger partial charge in [0.15, 0.2) is 0 Å². The van der Waals surface area contributed by atoms with Crippen molar-refractivity contribution in [2.75, 3.05) is 46.6 Å². The summed E-state index contributed by atoms with van der Waals surface area (Å²) >= 11 is 0. The number of methoxy groups -OCH3 is 1. The average Bonchev–Trinajstić information content (AvgIpc) is 2.40. The smallest absolute Gasteiger partial charge is 0.0594 e. The number of nitrogens with zero attached hydrogens (tertiary/aromatic N) is 1. The first-order chi connectivity index (χ1) is 9.06. The molecule has 3 nitrogen and oxygen atoms in total. The zero-order chi connectivity index (χ0) is 15.1. The molecule has 1 aliphatic heterocycles. The first-order valence-corrected chi connectivity index (χ1v) is 7.85. The summed E-state index contributed by atoms with van der Waals surface area (Å²) in [5.74, 6) is 1.57. The van der Waals surface area contributed by atoms with Crippen molar-refractivity contribution in [2.24, 2.45) is 11.8 Å². The topological polar surface area (TPSA) is 21.7 Å². The van der Waals surface area contributed by atoms with Gasteiger partial charge < -0.3 is 9.47 Å². The van der Waals surface area contributed by atoms with Crippen LogP contribution in [0.1, 0.15) is 48.0 Å². The van der Waals surface area contributed by atoms with E-state index in [0.29, 0.717) is 0 Å². The summed E-state index contributed by atoms with van der Waals surface area (Å²) < 4.78 is 10.1. The third kappa shape index (κ3) is 17.9. The molecule has 1 aliphatic rings. The Morgan fingerprint density at radius 2 is 1.53 bits per heavy atom. The van der Waals surface area contributed by atoms with Crippen molar-refractivity contribution in [3.63, 3.8) is 0 Å². The Bertz CT molecular complexity index is 155. The minimum Gasteiger partial charge on any atom is -0.385 e. The van der Waals surface area contributed by atoms with Crippen LogP contribution in [0.3, 0.4) is 0 Å². The molecule has 0 spiro atoms. The van der Waals surface area contributed by atoms with E-state index in [9.17, 15) is 0 Å². The van der Waals surface area contributed by atoms with Crippen LogP contribution in [0, 0.1) is 11.8 Å². The fourth-order valence-corrected chi connectivity index (χ4v) is 1.65. The van der Waals surface area contributed by atoms with Gasteiger partial charge >= 0.3 is 0 Å². The van der Waals surface area contributed by atoms with Gasteiger partial charge in [-0.25, -0.2) is 0 Å². The van der Waals surface area contributed by atoms with E-state index in [1.807, 2.05) is 13.8 Å². The monoisotopic (exact) mass is 275 g/mol. The van der Waals surface area contributed by atoms with Gasteiger partial charge in [-0.1, -0.05) is 41.5 Å². The Labute approximate surface area is 121 Å². The number of morpholine rings is 1. The third-order valence-corrected chi connectivity index (χ3v) is 2.63. The minimum atomic E-state index is 0.778. The summed E-state index contributed by atoms with van der Waals surface area (Å²) in [7, 11) is 1.74. The van der Waals surface area contributed by atoms with Crippen LogP contribution < -0.4 is 0 Å². The van der Waals surface area contributed by atoms with Crippen molar-refractivity contribution >= 4 is 0 Å². The largest absolute Gasteiger partial charge is 0.385 e. The molecule has 1 heterocycles. The Hall–Kier alpha value is -0.120. The molecule has 0 aromatic rings. The van der Waals surface area contributed by atoms with Crippen LogP contribution in [0.2, 0.25) is 0 Å². The van der Waals surface area contributed by atoms with Gasteiger partial charge in [0.2, 0.25) is 0 Å². The standard InChI is InChI=1S/C8H17NO.C6H14O.C2H6/c1-8(2)7-9-3-5-10-6-4-9;1-6(2)4-5-7-3;1-2/h8H,3-7H2,1-2H3;6H,4-5H2,1-3H3;1-2H3. The predicted molar refractivity (Wildman–Crippen MR) is 84.8 cm³/mol. The lowest BCUT2D eigenvalue weighted by atomic mass is 10.1. The normalized spacial score (nSPS) is 15.6. The van der Waals surface area contributed by atoms with Gasteiger partial charge in [0.25, 0.3) is 0 Å². The number of rotatable bonds is 5. The molecule has 1 fully saturated rings. The molecular formula is C16H37NO2. The molecule has 0 radical (unpaired) electrons. The summed E-state index contributed by atoms with van der Waals surface area (Å²) in [4.78, 5) is 2.47. The summed E-state index contributed by atoms with van der Waals surface area (Å²) in [6.07, 6.45) is 1.18. The number of ether oxygens (including phenoxy) is 2. The van der Waals surface area contributed by atoms with Crippen molar-refractivity contribution in [3.8, 4) is 0 Å². The lowest BCUT2D eigenvalue weighted by molar-refractivity contribution is 0.0329. The second-order valence-corrected chi connectivity index (χ2v) is 5.48. The van der Waals surface area contributed by atoms with Crippen LogP contribution in [0.25, 0.3) is 0 Å². The van der Waals surface area contributed by atoms with Crippen molar-refractivity contribution < 1.29 is 9.47 Å². The van der Waals surface area contributed by atoms with E-state index in [1.54, 1.807) is 7.11 Å². The fourth-order valence-electron chi connectivity index (χ4n) is 1.65. The van der Waals surface area contributed by atoms with E-state index in [-0.39, 0.29) is 0 Å². The van der Waals surface area contributed by atoms with Crippen molar-refractivity contribution in [3.05, 3.63) is 0 Å². The third-order valence-electron chi connectivity index (χ3n) is 2.63. The van der Waals surface area contributed by atoms with Gasteiger partial charge in [-0.15, -0.1) is 0 Å².